The van der Waals surface area contributed by atoms with Crippen molar-refractivity contribution in [3.05, 3.63) is 68.5 Å². The van der Waals surface area contributed by atoms with Crippen LogP contribution in [-0.2, 0) is 10.0 Å². The molecule has 0 aliphatic carbocycles. The molecule has 0 amide bonds. The molecule has 10 heteroatoms. The molecule has 0 spiro atoms. The molecule has 3 rings (SSSR count). The number of aromatic nitrogens is 1. The maximum absolute atomic E-state index is 12.5. The molecule has 128 valence electrons. The Morgan fingerprint density at radius 3 is 2.64 bits per heavy atom. The van der Waals surface area contributed by atoms with Gasteiger partial charge in [-0.2, -0.15) is 0 Å². The van der Waals surface area contributed by atoms with Gasteiger partial charge in [-0.25, -0.2) is 13.4 Å². The van der Waals surface area contributed by atoms with Gasteiger partial charge < -0.3 is 0 Å². The summed E-state index contributed by atoms with van der Waals surface area (Å²) in [6.07, 6.45) is 0. The third-order valence-corrected chi connectivity index (χ3v) is 5.96. The van der Waals surface area contributed by atoms with E-state index in [1.54, 1.807) is 5.38 Å². The lowest BCUT2D eigenvalue weighted by atomic mass is 10.2. The Balaban J connectivity index is 1.92. The minimum atomic E-state index is -4.12. The van der Waals surface area contributed by atoms with Crippen LogP contribution in [0.1, 0.15) is 0 Å². The van der Waals surface area contributed by atoms with Crippen molar-refractivity contribution in [1.82, 2.24) is 4.98 Å². The van der Waals surface area contributed by atoms with Gasteiger partial charge in [0.05, 0.1) is 10.6 Å². The second-order valence-electron chi connectivity index (χ2n) is 4.88. The lowest BCUT2D eigenvalue weighted by Crippen LogP contribution is -2.14. The number of sulfonamides is 1. The molecule has 0 unspecified atom stereocenters. The van der Waals surface area contributed by atoms with E-state index in [0.29, 0.717) is 5.69 Å². The lowest BCUT2D eigenvalue weighted by molar-refractivity contribution is -0.387. The molecule has 1 N–H and O–H groups in total. The van der Waals surface area contributed by atoms with Crippen molar-refractivity contribution in [3.8, 4) is 11.3 Å². The first-order chi connectivity index (χ1) is 11.9. The lowest BCUT2D eigenvalue weighted by Gasteiger charge is -2.05. The van der Waals surface area contributed by atoms with E-state index < -0.39 is 25.5 Å². The molecule has 2 aromatic carbocycles. The minimum Gasteiger partial charge on any atom is -0.258 e. The van der Waals surface area contributed by atoms with Crippen molar-refractivity contribution in [2.75, 3.05) is 4.72 Å². The van der Waals surface area contributed by atoms with Crippen molar-refractivity contribution < 1.29 is 13.3 Å². The van der Waals surface area contributed by atoms with Crippen LogP contribution in [0.3, 0.4) is 0 Å². The predicted octanol–water partition coefficient (Wildman–Crippen LogP) is 4.28. The maximum Gasteiger partial charge on any atom is 0.289 e. The third-order valence-electron chi connectivity index (χ3n) is 3.20. The largest absolute Gasteiger partial charge is 0.289 e. The zero-order valence-electron chi connectivity index (χ0n) is 12.4. The highest BCUT2D eigenvalue weighted by atomic mass is 79.9. The van der Waals surface area contributed by atoms with Crippen LogP contribution in [0.2, 0.25) is 0 Å². The number of thiazole rings is 1. The number of nitro benzene ring substituents is 1. The van der Waals surface area contributed by atoms with Crippen molar-refractivity contribution >= 4 is 48.1 Å². The number of nitrogens with zero attached hydrogens (tertiary/aromatic N) is 2. The Morgan fingerprint density at radius 2 is 1.92 bits per heavy atom. The normalized spacial score (nSPS) is 11.2. The summed E-state index contributed by atoms with van der Waals surface area (Å²) in [4.78, 5) is 14.1. The molecule has 0 atom stereocenters. The van der Waals surface area contributed by atoms with Crippen LogP contribution in [0.5, 0.6) is 0 Å². The van der Waals surface area contributed by atoms with Gasteiger partial charge in [-0.15, -0.1) is 11.3 Å². The van der Waals surface area contributed by atoms with Crippen molar-refractivity contribution in [1.29, 1.82) is 0 Å². The average molecular weight is 440 g/mol. The molecule has 0 radical (unpaired) electrons. The molecule has 0 aliphatic heterocycles. The minimum absolute atomic E-state index is 0.133. The molecule has 0 saturated carbocycles. The second kappa shape index (κ2) is 6.90. The second-order valence-corrected chi connectivity index (χ2v) is 8.30. The van der Waals surface area contributed by atoms with E-state index in [2.05, 4.69) is 25.6 Å². The first kappa shape index (κ1) is 17.5. The summed E-state index contributed by atoms with van der Waals surface area (Å²) >= 11 is 4.47. The van der Waals surface area contributed by atoms with Crippen LogP contribution in [0, 0.1) is 10.1 Å². The zero-order valence-corrected chi connectivity index (χ0v) is 15.6. The Labute approximate surface area is 155 Å². The Kier molecular flexibility index (Phi) is 4.84. The predicted molar refractivity (Wildman–Crippen MR) is 99.2 cm³/mol. The number of para-hydroxylation sites is 1. The van der Waals surface area contributed by atoms with Gasteiger partial charge in [0.1, 0.15) is 0 Å². The number of anilines is 1. The van der Waals surface area contributed by atoms with Crippen molar-refractivity contribution in [2.24, 2.45) is 0 Å². The zero-order chi connectivity index (χ0) is 18.0. The van der Waals surface area contributed by atoms with E-state index in [4.69, 9.17) is 0 Å². The van der Waals surface area contributed by atoms with E-state index >= 15 is 0 Å². The fourth-order valence-electron chi connectivity index (χ4n) is 2.11. The molecule has 0 bridgehead atoms. The molecule has 0 fully saturated rings. The topological polar surface area (TPSA) is 102 Å². The van der Waals surface area contributed by atoms with Crippen LogP contribution in [0.25, 0.3) is 11.3 Å². The number of hydrogen-bond acceptors (Lipinski definition) is 6. The number of hydrogen-bond donors (Lipinski definition) is 1. The molecule has 1 heterocycles. The van der Waals surface area contributed by atoms with Gasteiger partial charge in [-0.05, 0) is 18.2 Å². The van der Waals surface area contributed by atoms with Crippen LogP contribution in [-0.4, -0.2) is 18.3 Å². The monoisotopic (exact) mass is 439 g/mol. The number of rotatable bonds is 5. The van der Waals surface area contributed by atoms with Gasteiger partial charge in [-0.1, -0.05) is 40.2 Å². The molecule has 1 aromatic heterocycles. The Hall–Kier alpha value is -2.30. The number of benzene rings is 2. The molecular weight excluding hydrogens is 430 g/mol. The highest BCUT2D eigenvalue weighted by Gasteiger charge is 2.26. The quantitative estimate of drug-likeness (QED) is 0.471. The SMILES string of the molecule is O=[N+]([O-])c1ccccc1S(=O)(=O)Nc1nc(-c2cccc(Br)c2)cs1. The van der Waals surface area contributed by atoms with Crippen LogP contribution >= 0.6 is 27.3 Å². The Bertz CT molecular complexity index is 1050. The van der Waals surface area contributed by atoms with Crippen molar-refractivity contribution in [3.63, 3.8) is 0 Å². The summed E-state index contributed by atoms with van der Waals surface area (Å²) in [6.45, 7) is 0. The van der Waals surface area contributed by atoms with E-state index in [1.807, 2.05) is 24.3 Å². The van der Waals surface area contributed by atoms with Gasteiger partial charge in [0.25, 0.3) is 15.7 Å². The standard InChI is InChI=1S/C15H10BrN3O4S2/c16-11-5-3-4-10(8-11)12-9-24-15(17-12)18-25(22,23)14-7-2-1-6-13(14)19(20)21/h1-9H,(H,17,18). The fourth-order valence-corrected chi connectivity index (χ4v) is 4.65. The summed E-state index contributed by atoms with van der Waals surface area (Å²) in [5.41, 5.74) is 0.937. The summed E-state index contributed by atoms with van der Waals surface area (Å²) in [5, 5.41) is 12.9. The van der Waals surface area contributed by atoms with Crippen LogP contribution < -0.4 is 4.72 Å². The summed E-state index contributed by atoms with van der Waals surface area (Å²) in [5.74, 6) is 0. The summed E-state index contributed by atoms with van der Waals surface area (Å²) < 4.78 is 28.1. The smallest absolute Gasteiger partial charge is 0.258 e. The molecular formula is C15H10BrN3O4S2. The first-order valence-electron chi connectivity index (χ1n) is 6.84. The Morgan fingerprint density at radius 1 is 1.16 bits per heavy atom. The van der Waals surface area contributed by atoms with Gasteiger partial charge in [-0.3, -0.25) is 14.8 Å². The highest BCUT2D eigenvalue weighted by molar-refractivity contribution is 9.10. The number of halogens is 1. The van der Waals surface area contributed by atoms with Gasteiger partial charge in [0.15, 0.2) is 10.0 Å². The van der Waals surface area contributed by atoms with Crippen molar-refractivity contribution in [2.45, 2.75) is 4.90 Å². The highest BCUT2D eigenvalue weighted by Crippen LogP contribution is 2.30. The van der Waals surface area contributed by atoms with Gasteiger partial charge in [0, 0.05) is 21.5 Å². The average Bonchev–Trinajstić information content (AvgIpc) is 3.02. The molecule has 0 saturated heterocycles. The summed E-state index contributed by atoms with van der Waals surface area (Å²) in [7, 11) is -4.12. The van der Waals surface area contributed by atoms with Gasteiger partial charge >= 0.3 is 0 Å². The maximum atomic E-state index is 12.5. The molecule has 7 nitrogen and oxygen atoms in total. The van der Waals surface area contributed by atoms with E-state index in [1.165, 1.54) is 18.2 Å². The van der Waals surface area contributed by atoms with E-state index in [9.17, 15) is 18.5 Å². The molecule has 3 aromatic rings. The molecule has 25 heavy (non-hydrogen) atoms. The van der Waals surface area contributed by atoms with Crippen LogP contribution in [0.15, 0.2) is 63.3 Å². The van der Waals surface area contributed by atoms with Gasteiger partial charge in [0.2, 0.25) is 0 Å². The summed E-state index contributed by atoms with van der Waals surface area (Å²) in [6, 6.07) is 12.6. The van der Waals surface area contributed by atoms with E-state index in [-0.39, 0.29) is 5.13 Å². The first-order valence-corrected chi connectivity index (χ1v) is 10.00. The number of nitro groups is 1. The molecule has 0 aliphatic rings. The van der Waals surface area contributed by atoms with E-state index in [0.717, 1.165) is 27.4 Å². The fraction of sp³-hybridized carbons (Fsp3) is 0. The van der Waals surface area contributed by atoms with Crippen LogP contribution in [0.4, 0.5) is 10.8 Å². The third kappa shape index (κ3) is 3.86. The number of nitrogens with one attached hydrogen (secondary N) is 1.